The Balaban J connectivity index is -0.00000162. The summed E-state index contributed by atoms with van der Waals surface area (Å²) in [4.78, 5) is 0. The molecule has 0 rings (SSSR count). The zero-order chi connectivity index (χ0) is 14.0. The van der Waals surface area contributed by atoms with E-state index in [1.165, 1.54) is 0 Å². The van der Waals surface area contributed by atoms with Crippen molar-refractivity contribution in [3.05, 3.63) is 0 Å². The van der Waals surface area contributed by atoms with Gasteiger partial charge in [-0.05, 0) is 50.8 Å². The first-order valence-corrected chi connectivity index (χ1v) is 8.09. The number of ether oxygens (including phenoxy) is 3. The first kappa shape index (κ1) is 26.1. The Hall–Kier alpha value is 0.190. The standard InChI is InChI=1S/C14H31NO3S.2CH4/c15-7-5-12-17-10-3-1-8-16-9-2-4-11-18-13-6-14-19;;/h19H,1-15H2;2*1H4. The number of nitrogens with two attached hydrogens (primary N) is 1. The van der Waals surface area contributed by atoms with Crippen molar-refractivity contribution in [2.45, 2.75) is 53.4 Å². The van der Waals surface area contributed by atoms with E-state index in [0.717, 1.165) is 83.9 Å². The molecular weight excluding hydrogens is 286 g/mol. The Bertz CT molecular complexity index is 146. The lowest BCUT2D eigenvalue weighted by atomic mass is 10.3. The van der Waals surface area contributed by atoms with Gasteiger partial charge in [0.05, 0.1) is 0 Å². The molecule has 0 fully saturated rings. The second kappa shape index (κ2) is 25.2. The molecule has 0 saturated heterocycles. The smallest absolute Gasteiger partial charge is 0.0478 e. The monoisotopic (exact) mass is 325 g/mol. The molecule has 132 valence electrons. The van der Waals surface area contributed by atoms with E-state index in [2.05, 4.69) is 12.6 Å². The fraction of sp³-hybridized carbons (Fsp3) is 1.00. The summed E-state index contributed by atoms with van der Waals surface area (Å²) in [7, 11) is 0. The lowest BCUT2D eigenvalue weighted by Crippen LogP contribution is -2.06. The van der Waals surface area contributed by atoms with Crippen molar-refractivity contribution in [2.75, 3.05) is 51.9 Å². The van der Waals surface area contributed by atoms with Gasteiger partial charge in [-0.25, -0.2) is 0 Å². The minimum absolute atomic E-state index is 0. The van der Waals surface area contributed by atoms with Gasteiger partial charge in [0.2, 0.25) is 0 Å². The lowest BCUT2D eigenvalue weighted by Gasteiger charge is -2.06. The third-order valence-corrected chi connectivity index (χ3v) is 2.91. The van der Waals surface area contributed by atoms with Crippen molar-refractivity contribution in [3.63, 3.8) is 0 Å². The highest BCUT2D eigenvalue weighted by atomic mass is 32.1. The molecule has 0 unspecified atom stereocenters. The maximum Gasteiger partial charge on any atom is 0.0478 e. The Kier molecular flexibility index (Phi) is 31.3. The molecule has 0 heterocycles. The summed E-state index contributed by atoms with van der Waals surface area (Å²) in [5, 5.41) is 0. The second-order valence-corrected chi connectivity index (χ2v) is 4.92. The molecule has 0 saturated carbocycles. The zero-order valence-corrected chi connectivity index (χ0v) is 13.0. The number of rotatable bonds is 16. The average molecular weight is 326 g/mol. The SMILES string of the molecule is C.C.NCCCOCCCCOCCCCOCCCS. The summed E-state index contributed by atoms with van der Waals surface area (Å²) >= 11 is 4.13. The molecule has 0 aliphatic heterocycles. The summed E-state index contributed by atoms with van der Waals surface area (Å²) in [5.41, 5.74) is 5.37. The van der Waals surface area contributed by atoms with E-state index < -0.39 is 0 Å². The molecule has 0 amide bonds. The van der Waals surface area contributed by atoms with Gasteiger partial charge in [0.25, 0.3) is 0 Å². The molecule has 21 heavy (non-hydrogen) atoms. The normalized spacial score (nSPS) is 10.0. The Labute approximate surface area is 138 Å². The number of unbranched alkanes of at least 4 members (excludes halogenated alkanes) is 2. The van der Waals surface area contributed by atoms with Gasteiger partial charge in [0.15, 0.2) is 0 Å². The van der Waals surface area contributed by atoms with Gasteiger partial charge >= 0.3 is 0 Å². The lowest BCUT2D eigenvalue weighted by molar-refractivity contribution is 0.0908. The van der Waals surface area contributed by atoms with E-state index in [4.69, 9.17) is 19.9 Å². The van der Waals surface area contributed by atoms with Gasteiger partial charge in [-0.2, -0.15) is 12.6 Å². The quantitative estimate of drug-likeness (QED) is 0.337. The minimum Gasteiger partial charge on any atom is -0.381 e. The van der Waals surface area contributed by atoms with Crippen molar-refractivity contribution in [2.24, 2.45) is 5.73 Å². The number of hydrogen-bond donors (Lipinski definition) is 2. The minimum atomic E-state index is 0. The summed E-state index contributed by atoms with van der Waals surface area (Å²) in [5.74, 6) is 0.902. The fourth-order valence-corrected chi connectivity index (χ4v) is 1.60. The van der Waals surface area contributed by atoms with Crippen LogP contribution in [-0.2, 0) is 14.2 Å². The van der Waals surface area contributed by atoms with Crippen LogP contribution in [0, 0.1) is 0 Å². The molecule has 0 atom stereocenters. The number of thiol groups is 1. The Morgan fingerprint density at radius 2 is 0.905 bits per heavy atom. The van der Waals surface area contributed by atoms with E-state index in [1.807, 2.05) is 0 Å². The molecule has 0 aromatic carbocycles. The number of hydrogen-bond acceptors (Lipinski definition) is 5. The summed E-state index contributed by atoms with van der Waals surface area (Å²) in [6.07, 6.45) is 6.28. The van der Waals surface area contributed by atoms with Crippen LogP contribution in [-0.4, -0.2) is 51.9 Å². The van der Waals surface area contributed by atoms with Crippen LogP contribution in [0.4, 0.5) is 0 Å². The highest BCUT2D eigenvalue weighted by Crippen LogP contribution is 1.96. The van der Waals surface area contributed by atoms with Crippen LogP contribution in [0.1, 0.15) is 53.4 Å². The van der Waals surface area contributed by atoms with E-state index >= 15 is 0 Å². The van der Waals surface area contributed by atoms with Crippen LogP contribution in [0.25, 0.3) is 0 Å². The van der Waals surface area contributed by atoms with Crippen LogP contribution in [0.15, 0.2) is 0 Å². The first-order chi connectivity index (χ1) is 9.41. The van der Waals surface area contributed by atoms with Gasteiger partial charge < -0.3 is 19.9 Å². The summed E-state index contributed by atoms with van der Waals surface area (Å²) < 4.78 is 16.4. The Morgan fingerprint density at radius 3 is 1.24 bits per heavy atom. The molecular formula is C16H39NO3S. The van der Waals surface area contributed by atoms with Crippen molar-refractivity contribution in [3.8, 4) is 0 Å². The van der Waals surface area contributed by atoms with E-state index in [0.29, 0.717) is 6.54 Å². The van der Waals surface area contributed by atoms with Gasteiger partial charge in [0, 0.05) is 39.6 Å². The maximum atomic E-state index is 5.55. The van der Waals surface area contributed by atoms with Crippen LogP contribution >= 0.6 is 12.6 Å². The topological polar surface area (TPSA) is 53.7 Å². The van der Waals surface area contributed by atoms with Crippen molar-refractivity contribution in [1.82, 2.24) is 0 Å². The van der Waals surface area contributed by atoms with Gasteiger partial charge in [-0.15, -0.1) is 0 Å². The fourth-order valence-electron chi connectivity index (χ4n) is 1.47. The van der Waals surface area contributed by atoms with E-state index in [9.17, 15) is 0 Å². The van der Waals surface area contributed by atoms with E-state index in [1.54, 1.807) is 0 Å². The van der Waals surface area contributed by atoms with Gasteiger partial charge in [-0.1, -0.05) is 14.9 Å². The molecule has 0 aliphatic rings. The first-order valence-electron chi connectivity index (χ1n) is 7.46. The van der Waals surface area contributed by atoms with E-state index in [-0.39, 0.29) is 14.9 Å². The molecule has 0 spiro atoms. The summed E-state index contributed by atoms with van der Waals surface area (Å²) in [6, 6.07) is 0. The zero-order valence-electron chi connectivity index (χ0n) is 12.1. The van der Waals surface area contributed by atoms with Gasteiger partial charge in [-0.3, -0.25) is 0 Å². The molecule has 0 bridgehead atoms. The summed E-state index contributed by atoms with van der Waals surface area (Å²) in [6.45, 7) is 5.65. The molecule has 0 aromatic rings. The highest BCUT2D eigenvalue weighted by molar-refractivity contribution is 7.80. The van der Waals surface area contributed by atoms with Crippen LogP contribution in [0.3, 0.4) is 0 Å². The second-order valence-electron chi connectivity index (χ2n) is 4.47. The maximum absolute atomic E-state index is 5.55. The third-order valence-electron chi connectivity index (χ3n) is 2.59. The predicted octanol–water partition coefficient (Wildman–Crippen LogP) is 3.54. The molecule has 0 radical (unpaired) electrons. The van der Waals surface area contributed by atoms with Gasteiger partial charge in [0.1, 0.15) is 0 Å². The third kappa shape index (κ3) is 25.5. The predicted molar refractivity (Wildman–Crippen MR) is 96.5 cm³/mol. The largest absolute Gasteiger partial charge is 0.381 e. The molecule has 5 heteroatoms. The van der Waals surface area contributed by atoms with Crippen molar-refractivity contribution < 1.29 is 14.2 Å². The highest BCUT2D eigenvalue weighted by Gasteiger charge is 1.93. The molecule has 0 aliphatic carbocycles. The van der Waals surface area contributed by atoms with Crippen LogP contribution < -0.4 is 5.73 Å². The van der Waals surface area contributed by atoms with Crippen LogP contribution in [0.2, 0.25) is 0 Å². The molecule has 2 N–H and O–H groups in total. The van der Waals surface area contributed by atoms with Crippen molar-refractivity contribution in [1.29, 1.82) is 0 Å². The molecule has 0 aromatic heterocycles. The van der Waals surface area contributed by atoms with Crippen molar-refractivity contribution >= 4 is 12.6 Å². The van der Waals surface area contributed by atoms with Crippen LogP contribution in [0.5, 0.6) is 0 Å². The average Bonchev–Trinajstić information content (AvgIpc) is 2.43. The Morgan fingerprint density at radius 1 is 0.571 bits per heavy atom. The molecule has 4 nitrogen and oxygen atoms in total.